The second-order valence-electron chi connectivity index (χ2n) is 20.4. The van der Waals surface area contributed by atoms with E-state index in [-0.39, 0.29) is 25.2 Å². The molecule has 454 valence electrons. The fraction of sp³-hybridized carbons (Fsp3) is 0.506. The van der Waals surface area contributed by atoms with Gasteiger partial charge in [-0.15, -0.1) is 0 Å². The molecule has 1 N–H and O–H groups in total. The molecule has 0 spiro atoms. The van der Waals surface area contributed by atoms with E-state index >= 15 is 0 Å². The number of carbonyl (C=O) groups is 2. The van der Waals surface area contributed by atoms with Gasteiger partial charge in [-0.3, -0.25) is 9.59 Å². The molecule has 0 aromatic rings. The van der Waals surface area contributed by atoms with Gasteiger partial charge in [0.15, 0.2) is 6.10 Å². The lowest BCUT2D eigenvalue weighted by Crippen LogP contribution is -2.28. The number of hydrogen-bond acceptors (Lipinski definition) is 5. The number of esters is 2. The van der Waals surface area contributed by atoms with E-state index in [1.165, 1.54) is 25.7 Å². The second-order valence-corrected chi connectivity index (χ2v) is 20.4. The molecule has 0 amide bonds. The van der Waals surface area contributed by atoms with Crippen molar-refractivity contribution in [2.45, 2.75) is 238 Å². The topological polar surface area (TPSA) is 72.8 Å². The number of aliphatic hydroxyl groups is 1. The highest BCUT2D eigenvalue weighted by molar-refractivity contribution is 5.70. The summed E-state index contributed by atoms with van der Waals surface area (Å²) in [6.45, 7) is 3.87. The maximum absolute atomic E-state index is 12.3. The van der Waals surface area contributed by atoms with E-state index in [1.807, 2.05) is 0 Å². The van der Waals surface area contributed by atoms with E-state index in [0.717, 1.165) is 180 Å². The van der Waals surface area contributed by atoms with Crippen LogP contribution in [0, 0.1) is 0 Å². The first-order valence-corrected chi connectivity index (χ1v) is 32.3. The molecule has 0 saturated heterocycles. The zero-order valence-corrected chi connectivity index (χ0v) is 51.9. The molecule has 0 aromatic carbocycles. The zero-order chi connectivity index (χ0) is 59.1. The zero-order valence-electron chi connectivity index (χ0n) is 51.9. The molecule has 0 aliphatic carbocycles. The summed E-state index contributed by atoms with van der Waals surface area (Å²) < 4.78 is 10.7. The number of rotatable bonds is 56. The predicted octanol–water partition coefficient (Wildman–Crippen LogP) is 22.7. The van der Waals surface area contributed by atoms with Crippen LogP contribution in [0.3, 0.4) is 0 Å². The van der Waals surface area contributed by atoms with Crippen LogP contribution in [-0.2, 0) is 19.1 Å². The van der Waals surface area contributed by atoms with Crippen LogP contribution in [-0.4, -0.2) is 36.4 Å². The van der Waals surface area contributed by atoms with Crippen LogP contribution in [0.5, 0.6) is 0 Å². The van der Waals surface area contributed by atoms with E-state index in [9.17, 15) is 14.7 Å². The SMILES string of the molecule is CC/C=C\C/C=C\C/C=C\C/C=C\C/C=C\C/C=C\C/C=C\C/C=C\C/C=C\C/C=C\C/C=C\CCCCCCCC(=O)OC(CO)COC(=O)CCCCCCCCC/C=C\C/C=C\C/C=C\C/C=C\C/C=C\C/C=C\C/C=C\CC. The third-order valence-corrected chi connectivity index (χ3v) is 12.8. The first kappa shape index (κ1) is 76.2. The average molecular weight is 1120 g/mol. The molecule has 82 heavy (non-hydrogen) atoms. The van der Waals surface area contributed by atoms with Crippen molar-refractivity contribution in [3.05, 3.63) is 219 Å². The summed E-state index contributed by atoms with van der Waals surface area (Å²) in [5, 5.41) is 9.68. The maximum Gasteiger partial charge on any atom is 0.306 e. The smallest absolute Gasteiger partial charge is 0.306 e. The van der Waals surface area contributed by atoms with Gasteiger partial charge in [-0.25, -0.2) is 0 Å². The van der Waals surface area contributed by atoms with Crippen molar-refractivity contribution in [2.24, 2.45) is 0 Å². The predicted molar refractivity (Wildman–Crippen MR) is 361 cm³/mol. The molecule has 0 saturated carbocycles. The van der Waals surface area contributed by atoms with Crippen molar-refractivity contribution >= 4 is 11.9 Å². The Morgan fingerprint density at radius 2 is 0.488 bits per heavy atom. The molecule has 0 heterocycles. The van der Waals surface area contributed by atoms with Crippen LogP contribution in [0.2, 0.25) is 0 Å². The van der Waals surface area contributed by atoms with Crippen molar-refractivity contribution in [3.8, 4) is 0 Å². The summed E-state index contributed by atoms with van der Waals surface area (Å²) in [5.74, 6) is -0.643. The molecule has 0 radical (unpaired) electrons. The number of unbranched alkanes of at least 4 members (excludes halogenated alkanes) is 12. The van der Waals surface area contributed by atoms with Gasteiger partial charge in [0.1, 0.15) is 6.61 Å². The largest absolute Gasteiger partial charge is 0.462 e. The Balaban J connectivity index is 3.68. The van der Waals surface area contributed by atoms with E-state index < -0.39 is 6.10 Å². The Morgan fingerprint density at radius 1 is 0.280 bits per heavy atom. The number of aliphatic hydroxyl groups excluding tert-OH is 1. The van der Waals surface area contributed by atoms with Gasteiger partial charge in [0.05, 0.1) is 6.61 Å². The van der Waals surface area contributed by atoms with E-state index in [4.69, 9.17) is 9.47 Å². The molecule has 0 rings (SSSR count). The van der Waals surface area contributed by atoms with Crippen LogP contribution in [0.25, 0.3) is 0 Å². The first-order valence-electron chi connectivity index (χ1n) is 32.3. The summed E-state index contributed by atoms with van der Waals surface area (Å²) in [6.07, 6.45) is 113. The third kappa shape index (κ3) is 66.7. The van der Waals surface area contributed by atoms with Gasteiger partial charge in [-0.05, 0) is 154 Å². The Kier molecular flexibility index (Phi) is 64.6. The number of allylic oxidation sites excluding steroid dienone is 36. The lowest BCUT2D eigenvalue weighted by Gasteiger charge is -2.15. The molecule has 0 bridgehead atoms. The summed E-state index contributed by atoms with van der Waals surface area (Å²) >= 11 is 0. The first-order chi connectivity index (χ1) is 40.6. The van der Waals surface area contributed by atoms with Crippen molar-refractivity contribution in [3.63, 3.8) is 0 Å². The molecule has 0 aromatic heterocycles. The highest BCUT2D eigenvalue weighted by Crippen LogP contribution is 2.13. The molecule has 0 aliphatic heterocycles. The Morgan fingerprint density at radius 3 is 0.732 bits per heavy atom. The highest BCUT2D eigenvalue weighted by atomic mass is 16.6. The van der Waals surface area contributed by atoms with Gasteiger partial charge in [0.2, 0.25) is 0 Å². The molecule has 1 atom stereocenters. The standard InChI is InChI=1S/C77H116O5/c1-3-5-7-9-11-13-15-17-19-21-23-25-27-29-31-33-34-35-36-37-38-39-40-41-42-44-46-48-50-52-54-56-58-60-62-64-66-68-70-72-77(80)82-75(73-78)74-81-76(79)71-69-67-65-63-61-59-57-55-53-51-49-47-45-43-32-30-28-26-24-22-20-18-16-14-12-10-8-6-4-2/h5-8,11-14,17-20,23-26,29-32,34-35,37-38,40-41,44-47,50-53,56,58,75,78H,3-4,9-10,15-16,21-22,27-28,33,36,39,42-43,48-49,54-55,57,59-74H2,1-2H3/b7-5-,8-6-,13-11-,14-12-,19-17-,20-18-,25-23-,26-24-,31-29-,32-30-,35-34-,38-37-,41-40-,46-44-,47-45-,52-50-,53-51-,58-56-. The molecule has 0 aliphatic rings. The normalized spacial score (nSPS) is 13.7. The van der Waals surface area contributed by atoms with Crippen molar-refractivity contribution in [2.75, 3.05) is 13.2 Å². The van der Waals surface area contributed by atoms with Crippen LogP contribution in [0.4, 0.5) is 0 Å². The fourth-order valence-electron chi connectivity index (χ4n) is 8.01. The van der Waals surface area contributed by atoms with Gasteiger partial charge in [0, 0.05) is 12.8 Å². The van der Waals surface area contributed by atoms with Crippen molar-refractivity contribution in [1.29, 1.82) is 0 Å². The quantitative estimate of drug-likeness (QED) is 0.0373. The van der Waals surface area contributed by atoms with Crippen LogP contribution in [0.1, 0.15) is 232 Å². The second kappa shape index (κ2) is 69.5. The maximum atomic E-state index is 12.3. The van der Waals surface area contributed by atoms with Gasteiger partial charge in [0.25, 0.3) is 0 Å². The van der Waals surface area contributed by atoms with Gasteiger partial charge in [-0.1, -0.05) is 284 Å². The highest BCUT2D eigenvalue weighted by Gasteiger charge is 2.16. The summed E-state index contributed by atoms with van der Waals surface area (Å²) in [5.41, 5.74) is 0. The van der Waals surface area contributed by atoms with E-state index in [1.54, 1.807) is 0 Å². The van der Waals surface area contributed by atoms with Crippen LogP contribution < -0.4 is 0 Å². The van der Waals surface area contributed by atoms with E-state index in [2.05, 4.69) is 233 Å². The number of carbonyl (C=O) groups excluding carboxylic acids is 2. The lowest BCUT2D eigenvalue weighted by atomic mass is 10.1. The summed E-state index contributed by atoms with van der Waals surface area (Å²) in [7, 11) is 0. The van der Waals surface area contributed by atoms with Crippen molar-refractivity contribution < 1.29 is 24.2 Å². The van der Waals surface area contributed by atoms with Gasteiger partial charge in [-0.2, -0.15) is 0 Å². The molecule has 5 heteroatoms. The third-order valence-electron chi connectivity index (χ3n) is 12.8. The Hall–Kier alpha value is -5.78. The van der Waals surface area contributed by atoms with Crippen molar-refractivity contribution in [1.82, 2.24) is 0 Å². The Bertz CT molecular complexity index is 1990. The monoisotopic (exact) mass is 1120 g/mol. The minimum absolute atomic E-state index is 0.0954. The minimum Gasteiger partial charge on any atom is -0.462 e. The van der Waals surface area contributed by atoms with E-state index in [0.29, 0.717) is 12.8 Å². The Labute approximate surface area is 503 Å². The van der Waals surface area contributed by atoms with Crippen LogP contribution in [0.15, 0.2) is 219 Å². The molecule has 5 nitrogen and oxygen atoms in total. The molecular weight excluding hydrogens is 1000 g/mol. The lowest BCUT2D eigenvalue weighted by molar-refractivity contribution is -0.161. The molecule has 0 fully saturated rings. The van der Waals surface area contributed by atoms with Gasteiger partial charge < -0.3 is 14.6 Å². The molecular formula is C77H116O5. The molecule has 1 unspecified atom stereocenters. The fourth-order valence-corrected chi connectivity index (χ4v) is 8.01. The number of ether oxygens (including phenoxy) is 2. The minimum atomic E-state index is -0.807. The number of hydrogen-bond donors (Lipinski definition) is 1. The summed E-state index contributed by atoms with van der Waals surface area (Å²) in [6, 6.07) is 0. The van der Waals surface area contributed by atoms with Crippen LogP contribution >= 0.6 is 0 Å². The average Bonchev–Trinajstić information content (AvgIpc) is 3.49. The summed E-state index contributed by atoms with van der Waals surface area (Å²) in [4.78, 5) is 24.6. The van der Waals surface area contributed by atoms with Gasteiger partial charge >= 0.3 is 11.9 Å².